The monoisotopic (exact) mass is 410 g/mol. The topological polar surface area (TPSA) is 49.9 Å². The Morgan fingerprint density at radius 2 is 1.81 bits per heavy atom. The molecule has 0 bridgehead atoms. The maximum absolute atomic E-state index is 13.2. The summed E-state index contributed by atoms with van der Waals surface area (Å²) in [5, 5.41) is 0.874. The number of nitrogens with zero attached hydrogens (tertiary/aromatic N) is 2. The van der Waals surface area contributed by atoms with Crippen molar-refractivity contribution in [2.45, 2.75) is 32.6 Å². The van der Waals surface area contributed by atoms with Crippen LogP contribution in [0, 0.1) is 0 Å². The van der Waals surface area contributed by atoms with Crippen molar-refractivity contribution in [2.24, 2.45) is 0 Å². The Morgan fingerprint density at radius 1 is 1.07 bits per heavy atom. The summed E-state index contributed by atoms with van der Waals surface area (Å²) < 4.78 is 5.34. The molecule has 3 rings (SSSR count). The molecule has 2 heterocycles. The molecule has 0 atom stereocenters. The van der Waals surface area contributed by atoms with Crippen molar-refractivity contribution in [3.8, 4) is 0 Å². The fraction of sp³-hybridized carbons (Fsp3) is 0.500. The standard InChI is InChI=1S/C20H24Cl2N2O3/c1-2-27-12-6-11-24-19(25)17(15-8-7-14(21)13-16(15)22)18(20(24)26)23-9-4-3-5-10-23/h7-8,13H,2-6,9-12H2,1H3. The van der Waals surface area contributed by atoms with Crippen LogP contribution in [0.5, 0.6) is 0 Å². The van der Waals surface area contributed by atoms with Crippen LogP contribution in [-0.4, -0.2) is 54.5 Å². The second kappa shape index (κ2) is 9.09. The van der Waals surface area contributed by atoms with Crippen LogP contribution in [0.25, 0.3) is 5.57 Å². The number of carbonyl (C=O) groups is 2. The van der Waals surface area contributed by atoms with Crippen molar-refractivity contribution < 1.29 is 14.3 Å². The van der Waals surface area contributed by atoms with Crippen molar-refractivity contribution in [3.63, 3.8) is 0 Å². The van der Waals surface area contributed by atoms with Crippen molar-refractivity contribution in [2.75, 3.05) is 32.8 Å². The Bertz CT molecular complexity index is 758. The third-order valence-electron chi connectivity index (χ3n) is 4.89. The van der Waals surface area contributed by atoms with Crippen molar-refractivity contribution in [1.82, 2.24) is 9.80 Å². The van der Waals surface area contributed by atoms with Crippen LogP contribution < -0.4 is 0 Å². The van der Waals surface area contributed by atoms with E-state index in [-0.39, 0.29) is 11.8 Å². The number of benzene rings is 1. The summed E-state index contributed by atoms with van der Waals surface area (Å²) in [7, 11) is 0. The first kappa shape index (κ1) is 20.2. The van der Waals surface area contributed by atoms with Crippen LogP contribution >= 0.6 is 23.2 Å². The minimum atomic E-state index is -0.290. The van der Waals surface area contributed by atoms with Gasteiger partial charge in [0.2, 0.25) is 0 Å². The average Bonchev–Trinajstić information content (AvgIpc) is 2.90. The third-order valence-corrected chi connectivity index (χ3v) is 5.44. The van der Waals surface area contributed by atoms with Crippen molar-refractivity contribution >= 4 is 40.6 Å². The Hall–Kier alpha value is -1.56. The van der Waals surface area contributed by atoms with Gasteiger partial charge in [-0.05, 0) is 44.7 Å². The zero-order chi connectivity index (χ0) is 19.4. The Kier molecular flexibility index (Phi) is 6.79. The van der Waals surface area contributed by atoms with Crippen LogP contribution in [0.2, 0.25) is 10.0 Å². The number of rotatable bonds is 7. The first-order valence-corrected chi connectivity index (χ1v) is 10.2. The molecule has 7 heteroatoms. The van der Waals surface area contributed by atoms with Gasteiger partial charge in [0.05, 0.1) is 10.6 Å². The van der Waals surface area contributed by atoms with E-state index in [1.165, 1.54) is 4.90 Å². The zero-order valence-corrected chi connectivity index (χ0v) is 17.0. The van der Waals surface area contributed by atoms with Gasteiger partial charge in [0.25, 0.3) is 11.8 Å². The highest BCUT2D eigenvalue weighted by Gasteiger charge is 2.42. The molecular weight excluding hydrogens is 387 g/mol. The van der Waals surface area contributed by atoms with Crippen molar-refractivity contribution in [1.29, 1.82) is 0 Å². The van der Waals surface area contributed by atoms with E-state index < -0.39 is 0 Å². The highest BCUT2D eigenvalue weighted by Crippen LogP contribution is 2.37. The van der Waals surface area contributed by atoms with Crippen LogP contribution in [0.4, 0.5) is 0 Å². The highest BCUT2D eigenvalue weighted by molar-refractivity contribution is 6.41. The summed E-state index contributed by atoms with van der Waals surface area (Å²) in [4.78, 5) is 29.7. The lowest BCUT2D eigenvalue weighted by molar-refractivity contribution is -0.137. The molecule has 0 unspecified atom stereocenters. The first-order valence-electron chi connectivity index (χ1n) is 9.43. The highest BCUT2D eigenvalue weighted by atomic mass is 35.5. The number of hydrogen-bond donors (Lipinski definition) is 0. The lowest BCUT2D eigenvalue weighted by atomic mass is 10.0. The smallest absolute Gasteiger partial charge is 0.277 e. The van der Waals surface area contributed by atoms with Gasteiger partial charge in [0, 0.05) is 43.4 Å². The molecule has 5 nitrogen and oxygen atoms in total. The van der Waals surface area contributed by atoms with Gasteiger partial charge >= 0.3 is 0 Å². The summed E-state index contributed by atoms with van der Waals surface area (Å²) in [6.45, 7) is 4.94. The fourth-order valence-corrected chi connectivity index (χ4v) is 4.08. The van der Waals surface area contributed by atoms with Crippen LogP contribution in [0.15, 0.2) is 23.9 Å². The lowest BCUT2D eigenvalue weighted by Crippen LogP contribution is -2.37. The summed E-state index contributed by atoms with van der Waals surface area (Å²) in [5.74, 6) is -0.527. The van der Waals surface area contributed by atoms with E-state index in [0.717, 1.165) is 32.4 Å². The fourth-order valence-electron chi connectivity index (χ4n) is 3.58. The molecule has 1 saturated heterocycles. The van der Waals surface area contributed by atoms with E-state index in [9.17, 15) is 9.59 Å². The number of likely N-dealkylation sites (tertiary alicyclic amines) is 1. The normalized spacial score (nSPS) is 18.0. The molecule has 27 heavy (non-hydrogen) atoms. The average molecular weight is 411 g/mol. The van der Waals surface area contributed by atoms with Crippen LogP contribution in [-0.2, 0) is 14.3 Å². The predicted octanol–water partition coefficient (Wildman–Crippen LogP) is 3.99. The van der Waals surface area contributed by atoms with E-state index in [1.54, 1.807) is 18.2 Å². The van der Waals surface area contributed by atoms with Gasteiger partial charge in [-0.25, -0.2) is 0 Å². The largest absolute Gasteiger partial charge is 0.382 e. The molecule has 0 N–H and O–H groups in total. The van der Waals surface area contributed by atoms with E-state index in [4.69, 9.17) is 27.9 Å². The number of ether oxygens (including phenoxy) is 1. The molecule has 146 valence electrons. The third kappa shape index (κ3) is 4.31. The molecule has 1 fully saturated rings. The number of imide groups is 1. The molecule has 0 radical (unpaired) electrons. The minimum absolute atomic E-state index is 0.237. The lowest BCUT2D eigenvalue weighted by Gasteiger charge is -2.29. The number of carbonyl (C=O) groups excluding carboxylic acids is 2. The molecule has 0 aromatic heterocycles. The Morgan fingerprint density at radius 3 is 2.48 bits per heavy atom. The molecule has 1 aromatic carbocycles. The van der Waals surface area contributed by atoms with E-state index in [1.807, 2.05) is 11.8 Å². The molecule has 0 saturated carbocycles. The number of halogens is 2. The number of amides is 2. The minimum Gasteiger partial charge on any atom is -0.382 e. The predicted molar refractivity (Wildman–Crippen MR) is 107 cm³/mol. The quantitative estimate of drug-likeness (QED) is 0.503. The molecule has 2 aliphatic heterocycles. The summed E-state index contributed by atoms with van der Waals surface area (Å²) in [5.41, 5.74) is 1.42. The van der Waals surface area contributed by atoms with E-state index in [2.05, 4.69) is 0 Å². The Balaban J connectivity index is 1.95. The molecule has 1 aromatic rings. The molecule has 2 amide bonds. The summed E-state index contributed by atoms with van der Waals surface area (Å²) in [6.07, 6.45) is 3.77. The summed E-state index contributed by atoms with van der Waals surface area (Å²) >= 11 is 12.4. The van der Waals surface area contributed by atoms with Gasteiger partial charge in [0.1, 0.15) is 5.70 Å². The zero-order valence-electron chi connectivity index (χ0n) is 15.5. The molecule has 2 aliphatic rings. The molecule has 0 spiro atoms. The van der Waals surface area contributed by atoms with Crippen LogP contribution in [0.1, 0.15) is 38.2 Å². The van der Waals surface area contributed by atoms with Gasteiger partial charge < -0.3 is 9.64 Å². The van der Waals surface area contributed by atoms with Gasteiger partial charge in [-0.15, -0.1) is 0 Å². The maximum Gasteiger partial charge on any atom is 0.277 e. The maximum atomic E-state index is 13.2. The van der Waals surface area contributed by atoms with Gasteiger partial charge in [-0.2, -0.15) is 0 Å². The van der Waals surface area contributed by atoms with Crippen molar-refractivity contribution in [3.05, 3.63) is 39.5 Å². The first-order chi connectivity index (χ1) is 13.0. The Labute approximate surface area is 169 Å². The summed E-state index contributed by atoms with van der Waals surface area (Å²) in [6, 6.07) is 5.02. The van der Waals surface area contributed by atoms with E-state index in [0.29, 0.717) is 53.1 Å². The van der Waals surface area contributed by atoms with E-state index >= 15 is 0 Å². The molecule has 0 aliphatic carbocycles. The number of piperidine rings is 1. The second-order valence-electron chi connectivity index (χ2n) is 6.71. The SMILES string of the molecule is CCOCCCN1C(=O)C(c2ccc(Cl)cc2Cl)=C(N2CCCCC2)C1=O. The van der Waals surface area contributed by atoms with Gasteiger partial charge in [-0.1, -0.05) is 29.3 Å². The number of hydrogen-bond acceptors (Lipinski definition) is 4. The van der Waals surface area contributed by atoms with Crippen LogP contribution in [0.3, 0.4) is 0 Å². The van der Waals surface area contributed by atoms with Gasteiger partial charge in [0.15, 0.2) is 0 Å². The van der Waals surface area contributed by atoms with Gasteiger partial charge in [-0.3, -0.25) is 14.5 Å². The molecular formula is C20H24Cl2N2O3. The second-order valence-corrected chi connectivity index (χ2v) is 7.55.